The number of pyridine rings is 1. The van der Waals surface area contributed by atoms with Gasteiger partial charge < -0.3 is 9.30 Å². The highest BCUT2D eigenvalue weighted by Crippen LogP contribution is 2.19. The second kappa shape index (κ2) is 6.08. The van der Waals surface area contributed by atoms with Crippen LogP contribution in [0.3, 0.4) is 0 Å². The number of fused-ring (bicyclic) bond motifs is 2. The van der Waals surface area contributed by atoms with E-state index in [1.165, 1.54) is 0 Å². The lowest BCUT2D eigenvalue weighted by atomic mass is 10.1. The highest BCUT2D eigenvalue weighted by atomic mass is 16.5. The van der Waals surface area contributed by atoms with Crippen LogP contribution in [-0.4, -0.2) is 10.5 Å². The molecule has 2 aromatic carbocycles. The molecular weight excluding hydrogens is 290 g/mol. The first kappa shape index (κ1) is 15.0. The SMILES string of the molecule is C=C(C)OC(=O)CCn1c2ccccc2c(=O)c2ccccc21. The molecule has 0 unspecified atom stereocenters. The van der Waals surface area contributed by atoms with Crippen LogP contribution in [0.2, 0.25) is 0 Å². The third-order valence-electron chi connectivity index (χ3n) is 3.71. The Balaban J connectivity index is 2.13. The van der Waals surface area contributed by atoms with E-state index in [1.54, 1.807) is 6.92 Å². The maximum Gasteiger partial charge on any atom is 0.312 e. The van der Waals surface area contributed by atoms with Gasteiger partial charge in [-0.2, -0.15) is 0 Å². The van der Waals surface area contributed by atoms with Crippen molar-refractivity contribution in [2.75, 3.05) is 0 Å². The fraction of sp³-hybridized carbons (Fsp3) is 0.158. The summed E-state index contributed by atoms with van der Waals surface area (Å²) in [7, 11) is 0. The first-order chi connectivity index (χ1) is 11.1. The number of allylic oxidation sites excluding steroid dienone is 1. The van der Waals surface area contributed by atoms with E-state index in [1.807, 2.05) is 53.1 Å². The summed E-state index contributed by atoms with van der Waals surface area (Å²) in [5, 5.41) is 1.30. The molecule has 0 radical (unpaired) electrons. The number of esters is 1. The van der Waals surface area contributed by atoms with E-state index in [4.69, 9.17) is 4.74 Å². The summed E-state index contributed by atoms with van der Waals surface area (Å²) in [5.74, 6) is 0.0500. The number of hydrogen-bond donors (Lipinski definition) is 0. The van der Waals surface area contributed by atoms with Crippen molar-refractivity contribution >= 4 is 27.8 Å². The Morgan fingerprint density at radius 3 is 2.09 bits per heavy atom. The van der Waals surface area contributed by atoms with Crippen LogP contribution >= 0.6 is 0 Å². The van der Waals surface area contributed by atoms with Gasteiger partial charge in [0.25, 0.3) is 0 Å². The quantitative estimate of drug-likeness (QED) is 0.420. The number of aryl methyl sites for hydroxylation is 1. The van der Waals surface area contributed by atoms with Crippen LogP contribution in [0.1, 0.15) is 13.3 Å². The predicted molar refractivity (Wildman–Crippen MR) is 91.2 cm³/mol. The molecule has 0 N–H and O–H groups in total. The van der Waals surface area contributed by atoms with Gasteiger partial charge >= 0.3 is 5.97 Å². The largest absolute Gasteiger partial charge is 0.432 e. The smallest absolute Gasteiger partial charge is 0.312 e. The van der Waals surface area contributed by atoms with Crippen LogP contribution in [0, 0.1) is 0 Å². The molecule has 0 amide bonds. The van der Waals surface area contributed by atoms with E-state index in [0.29, 0.717) is 23.1 Å². The number of para-hydroxylation sites is 2. The van der Waals surface area contributed by atoms with Gasteiger partial charge in [-0.15, -0.1) is 0 Å². The van der Waals surface area contributed by atoms with Crippen molar-refractivity contribution in [1.82, 2.24) is 4.57 Å². The zero-order valence-corrected chi connectivity index (χ0v) is 12.9. The van der Waals surface area contributed by atoms with Crippen molar-refractivity contribution in [3.63, 3.8) is 0 Å². The van der Waals surface area contributed by atoms with E-state index >= 15 is 0 Å². The lowest BCUT2D eigenvalue weighted by Gasteiger charge is -2.14. The fourth-order valence-corrected chi connectivity index (χ4v) is 2.77. The van der Waals surface area contributed by atoms with Gasteiger partial charge in [0.2, 0.25) is 0 Å². The molecule has 0 atom stereocenters. The van der Waals surface area contributed by atoms with Gasteiger partial charge in [-0.05, 0) is 31.2 Å². The van der Waals surface area contributed by atoms with E-state index in [-0.39, 0.29) is 17.8 Å². The summed E-state index contributed by atoms with van der Waals surface area (Å²) in [4.78, 5) is 24.4. The molecule has 116 valence electrons. The molecule has 4 nitrogen and oxygen atoms in total. The summed E-state index contributed by atoms with van der Waals surface area (Å²) < 4.78 is 7.00. The predicted octanol–water partition coefficient (Wildman–Crippen LogP) is 3.62. The van der Waals surface area contributed by atoms with Gasteiger partial charge in [-0.3, -0.25) is 9.59 Å². The summed E-state index contributed by atoms with van der Waals surface area (Å²) in [6, 6.07) is 14.9. The molecule has 4 heteroatoms. The number of hydrogen-bond acceptors (Lipinski definition) is 3. The normalized spacial score (nSPS) is 10.8. The van der Waals surface area contributed by atoms with Crippen LogP contribution in [0.5, 0.6) is 0 Å². The number of benzene rings is 2. The molecule has 0 aliphatic heterocycles. The molecule has 3 rings (SSSR count). The Hall–Kier alpha value is -2.88. The first-order valence-electron chi connectivity index (χ1n) is 7.44. The standard InChI is InChI=1S/C19H17NO3/c1-13(2)23-18(21)11-12-20-16-9-5-3-7-14(16)19(22)15-8-4-6-10-17(15)20/h3-10H,1,11-12H2,2H3. The Morgan fingerprint density at radius 2 is 1.57 bits per heavy atom. The van der Waals surface area contributed by atoms with Crippen LogP contribution in [0.15, 0.2) is 65.7 Å². The van der Waals surface area contributed by atoms with Crippen molar-refractivity contribution < 1.29 is 9.53 Å². The third-order valence-corrected chi connectivity index (χ3v) is 3.71. The Kier molecular flexibility index (Phi) is 3.98. The van der Waals surface area contributed by atoms with Gasteiger partial charge in [0.1, 0.15) is 0 Å². The second-order valence-electron chi connectivity index (χ2n) is 5.44. The molecule has 1 heterocycles. The summed E-state index contributed by atoms with van der Waals surface area (Å²) in [6.07, 6.45) is 0.212. The van der Waals surface area contributed by atoms with Crippen molar-refractivity contribution in [2.24, 2.45) is 0 Å². The Labute approximate surface area is 133 Å². The van der Waals surface area contributed by atoms with E-state index in [2.05, 4.69) is 6.58 Å². The van der Waals surface area contributed by atoms with Crippen LogP contribution in [0.4, 0.5) is 0 Å². The molecule has 0 saturated carbocycles. The molecule has 0 bridgehead atoms. The van der Waals surface area contributed by atoms with Crippen molar-refractivity contribution in [1.29, 1.82) is 0 Å². The average Bonchev–Trinajstić information content (AvgIpc) is 2.54. The van der Waals surface area contributed by atoms with Crippen molar-refractivity contribution in [3.05, 3.63) is 71.1 Å². The van der Waals surface area contributed by atoms with Gasteiger partial charge in [0, 0.05) is 17.3 Å². The first-order valence-corrected chi connectivity index (χ1v) is 7.44. The highest BCUT2D eigenvalue weighted by Gasteiger charge is 2.11. The molecule has 0 spiro atoms. The lowest BCUT2D eigenvalue weighted by molar-refractivity contribution is -0.139. The van der Waals surface area contributed by atoms with Gasteiger partial charge in [0.15, 0.2) is 5.43 Å². The zero-order chi connectivity index (χ0) is 16.4. The Morgan fingerprint density at radius 1 is 1.04 bits per heavy atom. The van der Waals surface area contributed by atoms with E-state index in [0.717, 1.165) is 11.0 Å². The molecule has 0 aliphatic carbocycles. The van der Waals surface area contributed by atoms with Crippen LogP contribution < -0.4 is 5.43 Å². The van der Waals surface area contributed by atoms with Gasteiger partial charge in [-0.1, -0.05) is 30.8 Å². The van der Waals surface area contributed by atoms with Crippen molar-refractivity contribution in [3.8, 4) is 0 Å². The molecule has 3 aromatic rings. The maximum atomic E-state index is 12.6. The molecule has 23 heavy (non-hydrogen) atoms. The number of carbonyl (C=O) groups excluding carboxylic acids is 1. The summed E-state index contributed by atoms with van der Waals surface area (Å²) in [6.45, 7) is 5.65. The number of rotatable bonds is 4. The molecular formula is C19H17NO3. The van der Waals surface area contributed by atoms with Crippen LogP contribution in [-0.2, 0) is 16.1 Å². The summed E-state index contributed by atoms with van der Waals surface area (Å²) in [5.41, 5.74) is 1.65. The molecule has 1 aromatic heterocycles. The highest BCUT2D eigenvalue weighted by molar-refractivity contribution is 5.93. The van der Waals surface area contributed by atoms with E-state index in [9.17, 15) is 9.59 Å². The van der Waals surface area contributed by atoms with E-state index < -0.39 is 0 Å². The Bertz CT molecular complexity index is 909. The number of aromatic nitrogens is 1. The molecule has 0 fully saturated rings. The molecule has 0 saturated heterocycles. The minimum Gasteiger partial charge on any atom is -0.432 e. The number of nitrogens with zero attached hydrogens (tertiary/aromatic N) is 1. The lowest BCUT2D eigenvalue weighted by Crippen LogP contribution is -2.14. The van der Waals surface area contributed by atoms with Crippen molar-refractivity contribution in [2.45, 2.75) is 19.9 Å². The topological polar surface area (TPSA) is 48.3 Å². The second-order valence-corrected chi connectivity index (χ2v) is 5.44. The van der Waals surface area contributed by atoms with Gasteiger partial charge in [-0.25, -0.2) is 0 Å². The van der Waals surface area contributed by atoms with Crippen LogP contribution in [0.25, 0.3) is 21.8 Å². The minimum absolute atomic E-state index is 0.0111. The zero-order valence-electron chi connectivity index (χ0n) is 12.9. The summed E-state index contributed by atoms with van der Waals surface area (Å²) >= 11 is 0. The maximum absolute atomic E-state index is 12.6. The monoisotopic (exact) mass is 307 g/mol. The fourth-order valence-electron chi connectivity index (χ4n) is 2.77. The number of ether oxygens (including phenoxy) is 1. The minimum atomic E-state index is -0.329. The number of carbonyl (C=O) groups is 1. The molecule has 0 aliphatic rings. The van der Waals surface area contributed by atoms with Gasteiger partial charge in [0.05, 0.1) is 23.2 Å². The third kappa shape index (κ3) is 2.88. The average molecular weight is 307 g/mol.